The van der Waals surface area contributed by atoms with Crippen LogP contribution in [0.15, 0.2) is 18.5 Å². The molecule has 0 radical (unpaired) electrons. The first-order valence-electron chi connectivity index (χ1n) is 9.14. The minimum atomic E-state index is -3.45. The number of hydrogen-bond acceptors (Lipinski definition) is 5. The lowest BCUT2D eigenvalue weighted by Crippen LogP contribution is -2.36. The molecule has 0 saturated heterocycles. The molecule has 0 atom stereocenters. The number of nitrogens with zero attached hydrogens (tertiary/aromatic N) is 3. The first kappa shape index (κ1) is 18.6. The normalized spacial score (nSPS) is 15.9. The molecule has 2 heterocycles. The summed E-state index contributed by atoms with van der Waals surface area (Å²) in [6.45, 7) is 1.93. The van der Waals surface area contributed by atoms with E-state index >= 15 is 0 Å². The third kappa shape index (κ3) is 4.51. The van der Waals surface area contributed by atoms with E-state index in [1.807, 2.05) is 6.92 Å². The predicted molar refractivity (Wildman–Crippen MR) is 99.6 cm³/mol. The van der Waals surface area contributed by atoms with Gasteiger partial charge in [0.25, 0.3) is 5.91 Å². The van der Waals surface area contributed by atoms with Crippen LogP contribution in [-0.4, -0.2) is 40.7 Å². The van der Waals surface area contributed by atoms with Gasteiger partial charge in [0, 0.05) is 12.2 Å². The van der Waals surface area contributed by atoms with Crippen molar-refractivity contribution in [3.8, 4) is 0 Å². The zero-order valence-electron chi connectivity index (χ0n) is 14.9. The Morgan fingerprint density at radius 3 is 2.81 bits per heavy atom. The van der Waals surface area contributed by atoms with E-state index in [2.05, 4.69) is 20.1 Å². The molecule has 1 saturated carbocycles. The number of anilines is 1. The Kier molecular flexibility index (Phi) is 5.75. The van der Waals surface area contributed by atoms with Crippen molar-refractivity contribution in [3.63, 3.8) is 0 Å². The van der Waals surface area contributed by atoms with E-state index in [1.54, 1.807) is 6.20 Å². The number of sulfonamides is 1. The second kappa shape index (κ2) is 8.03. The summed E-state index contributed by atoms with van der Waals surface area (Å²) in [6, 6.07) is 1.72. The standard InChI is InChI=1S/C17H25N5O3S/c1-2-3-11-26(24,25)21-15-9-10-22-16(20-15)14(12-18-22)17(23)19-13-7-5-4-6-8-13/h9-10,12-13H,2-8,11H2,1H3,(H,19,23)(H,20,21). The lowest BCUT2D eigenvalue weighted by molar-refractivity contribution is 0.0929. The Bertz CT molecular complexity index is 872. The molecular formula is C17H25N5O3S. The molecule has 1 fully saturated rings. The smallest absolute Gasteiger partial charge is 0.256 e. The van der Waals surface area contributed by atoms with Crippen molar-refractivity contribution < 1.29 is 13.2 Å². The third-order valence-electron chi connectivity index (χ3n) is 4.58. The van der Waals surface area contributed by atoms with E-state index in [9.17, 15) is 13.2 Å². The summed E-state index contributed by atoms with van der Waals surface area (Å²) >= 11 is 0. The van der Waals surface area contributed by atoms with Crippen LogP contribution in [0.5, 0.6) is 0 Å². The second-order valence-electron chi connectivity index (χ2n) is 6.72. The van der Waals surface area contributed by atoms with Crippen LogP contribution in [-0.2, 0) is 10.0 Å². The maximum Gasteiger partial charge on any atom is 0.256 e. The highest BCUT2D eigenvalue weighted by atomic mass is 32.2. The Labute approximate surface area is 153 Å². The Morgan fingerprint density at radius 2 is 2.08 bits per heavy atom. The summed E-state index contributed by atoms with van der Waals surface area (Å²) < 4.78 is 28.1. The SMILES string of the molecule is CCCCS(=O)(=O)Nc1ccn2ncc(C(=O)NC3CCCCC3)c2n1. The molecule has 0 bridgehead atoms. The number of fused-ring (bicyclic) bond motifs is 1. The van der Waals surface area contributed by atoms with E-state index in [1.165, 1.54) is 23.2 Å². The Morgan fingerprint density at radius 1 is 1.31 bits per heavy atom. The molecule has 1 aliphatic rings. The number of rotatable bonds is 7. The topological polar surface area (TPSA) is 105 Å². The van der Waals surface area contributed by atoms with Crippen molar-refractivity contribution in [2.24, 2.45) is 0 Å². The first-order chi connectivity index (χ1) is 12.5. The van der Waals surface area contributed by atoms with Crippen molar-refractivity contribution in [1.29, 1.82) is 0 Å². The van der Waals surface area contributed by atoms with Gasteiger partial charge in [0.15, 0.2) is 5.65 Å². The molecule has 8 nitrogen and oxygen atoms in total. The van der Waals surface area contributed by atoms with E-state index < -0.39 is 10.0 Å². The fourth-order valence-electron chi connectivity index (χ4n) is 3.14. The molecule has 142 valence electrons. The van der Waals surface area contributed by atoms with E-state index in [-0.39, 0.29) is 23.5 Å². The molecule has 0 aliphatic heterocycles. The van der Waals surface area contributed by atoms with E-state index in [0.29, 0.717) is 17.6 Å². The van der Waals surface area contributed by atoms with Crippen molar-refractivity contribution >= 4 is 27.4 Å². The molecule has 0 unspecified atom stereocenters. The molecule has 1 aliphatic carbocycles. The highest BCUT2D eigenvalue weighted by Gasteiger charge is 2.20. The quantitative estimate of drug-likeness (QED) is 0.768. The van der Waals surface area contributed by atoms with Gasteiger partial charge in [-0.2, -0.15) is 5.10 Å². The minimum absolute atomic E-state index is 0.0463. The van der Waals surface area contributed by atoms with Crippen LogP contribution >= 0.6 is 0 Å². The first-order valence-corrected chi connectivity index (χ1v) is 10.8. The van der Waals surface area contributed by atoms with Gasteiger partial charge in [-0.05, 0) is 25.3 Å². The van der Waals surface area contributed by atoms with E-state index in [0.717, 1.165) is 32.1 Å². The lowest BCUT2D eigenvalue weighted by Gasteiger charge is -2.22. The number of carbonyl (C=O) groups excluding carboxylic acids is 1. The molecule has 2 aromatic heterocycles. The number of amides is 1. The van der Waals surface area contributed by atoms with Crippen LogP contribution in [0.4, 0.5) is 5.82 Å². The average Bonchev–Trinajstić information content (AvgIpc) is 3.04. The number of hydrogen-bond donors (Lipinski definition) is 2. The van der Waals surface area contributed by atoms with Crippen LogP contribution in [0.2, 0.25) is 0 Å². The van der Waals surface area contributed by atoms with Crippen molar-refractivity contribution in [1.82, 2.24) is 19.9 Å². The molecular weight excluding hydrogens is 354 g/mol. The highest BCUT2D eigenvalue weighted by molar-refractivity contribution is 7.92. The average molecular weight is 379 g/mol. The van der Waals surface area contributed by atoms with Crippen molar-refractivity contribution in [2.75, 3.05) is 10.5 Å². The van der Waals surface area contributed by atoms with Crippen LogP contribution in [0, 0.1) is 0 Å². The van der Waals surface area contributed by atoms with Gasteiger partial charge >= 0.3 is 0 Å². The van der Waals surface area contributed by atoms with Gasteiger partial charge in [0.05, 0.1) is 11.9 Å². The van der Waals surface area contributed by atoms with Crippen molar-refractivity contribution in [2.45, 2.75) is 57.9 Å². The van der Waals surface area contributed by atoms with Crippen LogP contribution in [0.25, 0.3) is 5.65 Å². The highest BCUT2D eigenvalue weighted by Crippen LogP contribution is 2.19. The molecule has 3 rings (SSSR count). The summed E-state index contributed by atoms with van der Waals surface area (Å²) in [5.41, 5.74) is 0.694. The Hall–Kier alpha value is -2.16. The molecule has 0 aromatic carbocycles. The van der Waals surface area contributed by atoms with Gasteiger partial charge in [0.1, 0.15) is 11.4 Å². The number of unbranched alkanes of at least 4 members (excludes halogenated alkanes) is 1. The molecule has 1 amide bonds. The maximum atomic E-state index is 12.6. The van der Waals surface area contributed by atoms with Crippen LogP contribution in [0.1, 0.15) is 62.2 Å². The maximum absolute atomic E-state index is 12.6. The summed E-state index contributed by atoms with van der Waals surface area (Å²) in [5.74, 6) is 0.0242. The number of nitrogens with one attached hydrogen (secondary N) is 2. The van der Waals surface area contributed by atoms with Crippen molar-refractivity contribution in [3.05, 3.63) is 24.0 Å². The molecule has 26 heavy (non-hydrogen) atoms. The fourth-order valence-corrected chi connectivity index (χ4v) is 4.34. The zero-order valence-corrected chi connectivity index (χ0v) is 15.8. The van der Waals surface area contributed by atoms with Crippen LogP contribution in [0.3, 0.4) is 0 Å². The predicted octanol–water partition coefficient (Wildman–Crippen LogP) is 2.33. The monoisotopic (exact) mass is 379 g/mol. The van der Waals surface area contributed by atoms with E-state index in [4.69, 9.17) is 0 Å². The molecule has 2 N–H and O–H groups in total. The number of aromatic nitrogens is 3. The number of carbonyl (C=O) groups is 1. The second-order valence-corrected chi connectivity index (χ2v) is 8.56. The summed E-state index contributed by atoms with van der Waals surface area (Å²) in [4.78, 5) is 16.9. The fraction of sp³-hybridized carbons (Fsp3) is 0.588. The lowest BCUT2D eigenvalue weighted by atomic mass is 9.95. The van der Waals surface area contributed by atoms with Gasteiger partial charge in [-0.1, -0.05) is 32.6 Å². The minimum Gasteiger partial charge on any atom is -0.349 e. The summed E-state index contributed by atoms with van der Waals surface area (Å²) in [5, 5.41) is 7.17. The zero-order chi connectivity index (χ0) is 18.6. The largest absolute Gasteiger partial charge is 0.349 e. The van der Waals surface area contributed by atoms with Gasteiger partial charge in [-0.25, -0.2) is 17.9 Å². The molecule has 9 heteroatoms. The van der Waals surface area contributed by atoms with Crippen LogP contribution < -0.4 is 10.0 Å². The van der Waals surface area contributed by atoms with Gasteiger partial charge in [-0.3, -0.25) is 9.52 Å². The summed E-state index contributed by atoms with van der Waals surface area (Å²) in [6.07, 6.45) is 9.88. The molecule has 2 aromatic rings. The molecule has 0 spiro atoms. The van der Waals surface area contributed by atoms with Gasteiger partial charge in [-0.15, -0.1) is 0 Å². The van der Waals surface area contributed by atoms with Gasteiger partial charge in [0.2, 0.25) is 10.0 Å². The Balaban J connectivity index is 1.78. The van der Waals surface area contributed by atoms with Gasteiger partial charge < -0.3 is 5.32 Å². The third-order valence-corrected chi connectivity index (χ3v) is 5.93. The summed E-state index contributed by atoms with van der Waals surface area (Å²) in [7, 11) is -3.45.